The number of pyridine rings is 1. The van der Waals surface area contributed by atoms with Crippen molar-refractivity contribution in [3.8, 4) is 28.2 Å². The van der Waals surface area contributed by atoms with Crippen LogP contribution in [0.2, 0.25) is 0 Å². The molecule has 2 atom stereocenters. The molecule has 0 saturated carbocycles. The van der Waals surface area contributed by atoms with Crippen LogP contribution in [0.1, 0.15) is 58.1 Å². The van der Waals surface area contributed by atoms with E-state index >= 15 is 0 Å². The molecule has 0 saturated heterocycles. The summed E-state index contributed by atoms with van der Waals surface area (Å²) in [5.41, 5.74) is 8.64. The third-order valence-corrected chi connectivity index (χ3v) is 8.62. The smallest absolute Gasteiger partial charge is 0.213 e. The van der Waals surface area contributed by atoms with E-state index in [1.54, 1.807) is 0 Å². The summed E-state index contributed by atoms with van der Waals surface area (Å²) >= 11 is 0. The van der Waals surface area contributed by atoms with Crippen molar-refractivity contribution in [1.82, 2.24) is 15.0 Å². The van der Waals surface area contributed by atoms with Gasteiger partial charge in [0.1, 0.15) is 5.69 Å². The van der Waals surface area contributed by atoms with Gasteiger partial charge >= 0.3 is 0 Å². The molecule has 0 fully saturated rings. The first-order chi connectivity index (χ1) is 18.5. The van der Waals surface area contributed by atoms with E-state index < -0.39 is 0 Å². The maximum absolute atomic E-state index is 4.50. The van der Waals surface area contributed by atoms with E-state index in [0.29, 0.717) is 0 Å². The summed E-state index contributed by atoms with van der Waals surface area (Å²) in [6.07, 6.45) is 13.4. The van der Waals surface area contributed by atoms with Gasteiger partial charge in [-0.1, -0.05) is 81.1 Å². The Kier molecular flexibility index (Phi) is 6.75. The summed E-state index contributed by atoms with van der Waals surface area (Å²) in [4.78, 5) is 0. The maximum atomic E-state index is 4.50. The lowest BCUT2D eigenvalue weighted by Gasteiger charge is -2.46. The van der Waals surface area contributed by atoms with Crippen molar-refractivity contribution in [2.24, 2.45) is 0 Å². The van der Waals surface area contributed by atoms with Crippen molar-refractivity contribution >= 4 is 5.57 Å². The highest BCUT2D eigenvalue weighted by molar-refractivity contribution is 5.75. The van der Waals surface area contributed by atoms with Crippen molar-refractivity contribution in [1.29, 1.82) is 0 Å². The average Bonchev–Trinajstić information content (AvgIpc) is 3.47. The van der Waals surface area contributed by atoms with E-state index in [0.717, 1.165) is 47.3 Å². The molecule has 0 radical (unpaired) electrons. The van der Waals surface area contributed by atoms with Gasteiger partial charge in [-0.15, -0.1) is 11.7 Å². The number of fused-ring (bicyclic) bond motifs is 3. The lowest BCUT2D eigenvalue weighted by Crippen LogP contribution is -2.67. The molecule has 4 aromatic rings. The second-order valence-corrected chi connectivity index (χ2v) is 10.2. The zero-order chi connectivity index (χ0) is 26.9. The van der Waals surface area contributed by atoms with Crippen molar-refractivity contribution in [3.63, 3.8) is 0 Å². The van der Waals surface area contributed by atoms with Crippen LogP contribution in [-0.2, 0) is 11.0 Å². The highest BCUT2D eigenvalue weighted by atomic mass is 15.4. The number of hydrogen-bond acceptors (Lipinski definition) is 2. The summed E-state index contributed by atoms with van der Waals surface area (Å²) in [5, 5.41) is 9.01. The predicted molar refractivity (Wildman–Crippen MR) is 157 cm³/mol. The molecule has 0 aliphatic carbocycles. The van der Waals surface area contributed by atoms with Crippen molar-refractivity contribution in [2.75, 3.05) is 0 Å². The standard InChI is InChI=1S/C34H37N4/c1-7-14-25(8-2)26-16-18-27(19-17-26)31-24-38(36-35-31)28-20-21-30-29(23-28)32-15-12-13-22-37(32)33(6,9-3)34(30,10-4)11-5/h8,10,12-24H,2,4,7,9,11H2,1,3,5-6H3/q+1/b25-14+. The quantitative estimate of drug-likeness (QED) is 0.140. The van der Waals surface area contributed by atoms with Gasteiger partial charge in [0.2, 0.25) is 5.69 Å². The van der Waals surface area contributed by atoms with Gasteiger partial charge in [-0.05, 0) is 47.7 Å². The van der Waals surface area contributed by atoms with Crippen molar-refractivity contribution in [2.45, 2.75) is 57.9 Å². The number of hydrogen-bond donors (Lipinski definition) is 0. The van der Waals surface area contributed by atoms with Crippen LogP contribution in [0.4, 0.5) is 0 Å². The van der Waals surface area contributed by atoms with Crippen LogP contribution in [0, 0.1) is 0 Å². The van der Waals surface area contributed by atoms with Crippen LogP contribution in [0.5, 0.6) is 0 Å². The van der Waals surface area contributed by atoms with Crippen LogP contribution in [0.25, 0.3) is 33.8 Å². The van der Waals surface area contributed by atoms with Gasteiger partial charge < -0.3 is 0 Å². The lowest BCUT2D eigenvalue weighted by atomic mass is 9.59. The molecule has 3 heterocycles. The SMILES string of the molecule is C=C/C(=C\CC)c1ccc(-c2cn(-c3ccc4c(c3)-c3cccc[n+]3C(C)(CC)C4(C=C)CC)nn2)cc1. The molecule has 0 spiro atoms. The molecule has 2 unspecified atom stereocenters. The fourth-order valence-electron chi connectivity index (χ4n) is 6.30. The molecule has 2 aromatic heterocycles. The monoisotopic (exact) mass is 501 g/mol. The van der Waals surface area contributed by atoms with Gasteiger partial charge in [0, 0.05) is 31.0 Å². The Bertz CT molecular complexity index is 1520. The third-order valence-electron chi connectivity index (χ3n) is 8.62. The van der Waals surface area contributed by atoms with Crippen molar-refractivity contribution < 1.29 is 4.57 Å². The van der Waals surface area contributed by atoms with Crippen LogP contribution in [-0.4, -0.2) is 15.0 Å². The molecule has 4 nitrogen and oxygen atoms in total. The van der Waals surface area contributed by atoms with Gasteiger partial charge in [0.05, 0.1) is 22.9 Å². The topological polar surface area (TPSA) is 34.6 Å². The zero-order valence-electron chi connectivity index (χ0n) is 23.0. The van der Waals surface area contributed by atoms with E-state index in [1.165, 1.54) is 16.8 Å². The number of benzene rings is 2. The predicted octanol–water partition coefficient (Wildman–Crippen LogP) is 7.84. The molecule has 1 aliphatic rings. The van der Waals surface area contributed by atoms with E-state index in [1.807, 2.05) is 17.0 Å². The Morgan fingerprint density at radius 2 is 1.79 bits per heavy atom. The minimum Gasteiger partial charge on any atom is -0.220 e. The van der Waals surface area contributed by atoms with E-state index in [2.05, 4.69) is 135 Å². The molecular weight excluding hydrogens is 464 g/mol. The Morgan fingerprint density at radius 3 is 2.45 bits per heavy atom. The van der Waals surface area contributed by atoms with Crippen LogP contribution >= 0.6 is 0 Å². The third kappa shape index (κ3) is 3.78. The normalized spacial score (nSPS) is 20.5. The van der Waals surface area contributed by atoms with Gasteiger partial charge in [-0.25, -0.2) is 4.68 Å². The zero-order valence-corrected chi connectivity index (χ0v) is 23.0. The Hall–Kier alpha value is -4.05. The van der Waals surface area contributed by atoms with E-state index in [4.69, 9.17) is 0 Å². The summed E-state index contributed by atoms with van der Waals surface area (Å²) in [5.74, 6) is 0. The highest BCUT2D eigenvalue weighted by Gasteiger charge is 2.57. The Labute approximate surface area is 226 Å². The summed E-state index contributed by atoms with van der Waals surface area (Å²) in [6, 6.07) is 21.6. The first kappa shape index (κ1) is 25.6. The van der Waals surface area contributed by atoms with Crippen LogP contribution in [0.3, 0.4) is 0 Å². The molecule has 38 heavy (non-hydrogen) atoms. The maximum Gasteiger partial charge on any atom is 0.213 e. The first-order valence-corrected chi connectivity index (χ1v) is 13.6. The molecule has 0 bridgehead atoms. The van der Waals surface area contributed by atoms with E-state index in [9.17, 15) is 0 Å². The van der Waals surface area contributed by atoms with Crippen LogP contribution in [0.15, 0.2) is 104 Å². The molecule has 0 amide bonds. The lowest BCUT2D eigenvalue weighted by molar-refractivity contribution is -0.763. The summed E-state index contributed by atoms with van der Waals surface area (Å²) in [6.45, 7) is 17.3. The van der Waals surface area contributed by atoms with Gasteiger partial charge in [-0.2, -0.15) is 4.57 Å². The molecule has 4 heteroatoms. The second-order valence-electron chi connectivity index (χ2n) is 10.2. The largest absolute Gasteiger partial charge is 0.220 e. The summed E-state index contributed by atoms with van der Waals surface area (Å²) < 4.78 is 4.32. The number of aromatic nitrogens is 4. The number of nitrogens with zero attached hydrogens (tertiary/aromatic N) is 4. The number of allylic oxidation sites excluding steroid dienone is 4. The van der Waals surface area contributed by atoms with Gasteiger partial charge in [-0.3, -0.25) is 0 Å². The molecule has 192 valence electrons. The molecule has 0 N–H and O–H groups in total. The second kappa shape index (κ2) is 10.0. The molecule has 5 rings (SSSR count). The van der Waals surface area contributed by atoms with Gasteiger partial charge in [0.15, 0.2) is 11.7 Å². The fraction of sp³-hybridized carbons (Fsp3) is 0.265. The Balaban J connectivity index is 1.57. The molecule has 1 aliphatic heterocycles. The number of rotatable bonds is 8. The van der Waals surface area contributed by atoms with Crippen molar-refractivity contribution in [3.05, 3.63) is 116 Å². The minimum atomic E-state index is -0.180. The van der Waals surface area contributed by atoms with Crippen LogP contribution < -0.4 is 4.57 Å². The molecular formula is C34H37N4+. The van der Waals surface area contributed by atoms with Gasteiger partial charge in [0.25, 0.3) is 0 Å². The fourth-order valence-corrected chi connectivity index (χ4v) is 6.30. The average molecular weight is 502 g/mol. The van der Waals surface area contributed by atoms with E-state index in [-0.39, 0.29) is 11.0 Å². The molecule has 2 aromatic carbocycles. The minimum absolute atomic E-state index is 0.112. The highest BCUT2D eigenvalue weighted by Crippen LogP contribution is 2.50. The Morgan fingerprint density at radius 1 is 1.00 bits per heavy atom. The first-order valence-electron chi connectivity index (χ1n) is 13.6. The summed E-state index contributed by atoms with van der Waals surface area (Å²) in [7, 11) is 0.